The van der Waals surface area contributed by atoms with Gasteiger partial charge >= 0.3 is 0 Å². The van der Waals surface area contributed by atoms with Crippen LogP contribution in [0.1, 0.15) is 0 Å². The van der Waals surface area contributed by atoms with Gasteiger partial charge in [-0.3, -0.25) is 4.55 Å². The first kappa shape index (κ1) is 20.5. The monoisotopic (exact) mass is 387 g/mol. The summed E-state index contributed by atoms with van der Waals surface area (Å²) in [5.41, 5.74) is 0.521. The first-order valence-corrected chi connectivity index (χ1v) is 9.16. The predicted octanol–water partition coefficient (Wildman–Crippen LogP) is -1.07. The second-order valence-corrected chi connectivity index (χ2v) is 7.26. The number of hydrogen-bond donors (Lipinski definition) is 7. The van der Waals surface area contributed by atoms with Crippen LogP contribution in [0.15, 0.2) is 41.3 Å². The van der Waals surface area contributed by atoms with Crippen molar-refractivity contribution >= 4 is 26.6 Å². The quantitative estimate of drug-likeness (QED) is 0.279. The molecule has 0 bridgehead atoms. The van der Waals surface area contributed by atoms with Crippen molar-refractivity contribution in [2.24, 2.45) is 0 Å². The Hall–Kier alpha value is -1.79. The van der Waals surface area contributed by atoms with E-state index in [1.54, 1.807) is 18.2 Å². The number of benzene rings is 2. The predicted molar refractivity (Wildman–Crippen MR) is 93.4 cm³/mol. The zero-order valence-electron chi connectivity index (χ0n) is 13.6. The first-order chi connectivity index (χ1) is 12.1. The molecule has 144 valence electrons. The van der Waals surface area contributed by atoms with E-state index in [-0.39, 0.29) is 11.4 Å². The van der Waals surface area contributed by atoms with Crippen molar-refractivity contribution in [1.29, 1.82) is 0 Å². The van der Waals surface area contributed by atoms with Crippen molar-refractivity contribution < 1.29 is 38.5 Å². The zero-order chi connectivity index (χ0) is 19.5. The molecule has 0 aliphatic rings. The molecule has 26 heavy (non-hydrogen) atoms. The Morgan fingerprint density at radius 1 is 0.962 bits per heavy atom. The minimum absolute atomic E-state index is 0.185. The summed E-state index contributed by atoms with van der Waals surface area (Å²) < 4.78 is 31.5. The molecule has 0 saturated heterocycles. The third-order valence-electron chi connectivity index (χ3n) is 3.98. The van der Waals surface area contributed by atoms with Crippen molar-refractivity contribution in [3.63, 3.8) is 0 Å². The lowest BCUT2D eigenvalue weighted by molar-refractivity contribution is -0.111. The minimum atomic E-state index is -4.33. The first-order valence-electron chi connectivity index (χ1n) is 7.72. The molecule has 10 heteroatoms. The number of anilines is 1. The van der Waals surface area contributed by atoms with Gasteiger partial charge in [0.2, 0.25) is 0 Å². The number of aliphatic hydroxyl groups is 5. The average molecular weight is 387 g/mol. The lowest BCUT2D eigenvalue weighted by Crippen LogP contribution is -2.48. The van der Waals surface area contributed by atoms with Gasteiger partial charge in [-0.25, -0.2) is 0 Å². The molecular weight excluding hydrogens is 366 g/mol. The van der Waals surface area contributed by atoms with E-state index in [9.17, 15) is 28.8 Å². The van der Waals surface area contributed by atoms with E-state index >= 15 is 0 Å². The molecule has 9 nitrogen and oxygen atoms in total. The summed E-state index contributed by atoms with van der Waals surface area (Å²) in [5.74, 6) is 0. The smallest absolute Gasteiger partial charge is 0.294 e. The van der Waals surface area contributed by atoms with Crippen molar-refractivity contribution in [1.82, 2.24) is 0 Å². The van der Waals surface area contributed by atoms with Crippen LogP contribution in [0.5, 0.6) is 0 Å². The molecule has 2 aromatic rings. The van der Waals surface area contributed by atoms with E-state index < -0.39 is 41.1 Å². The molecule has 0 aliphatic heterocycles. The molecule has 0 heterocycles. The third kappa shape index (κ3) is 4.68. The fourth-order valence-corrected chi connectivity index (χ4v) is 2.99. The summed E-state index contributed by atoms with van der Waals surface area (Å²) in [6.45, 7) is -0.951. The van der Waals surface area contributed by atoms with E-state index in [1.165, 1.54) is 18.2 Å². The Balaban J connectivity index is 2.16. The molecule has 0 unspecified atom stereocenters. The van der Waals surface area contributed by atoms with Crippen LogP contribution in [-0.4, -0.2) is 76.1 Å². The highest BCUT2D eigenvalue weighted by atomic mass is 32.2. The van der Waals surface area contributed by atoms with Crippen LogP contribution < -0.4 is 5.32 Å². The summed E-state index contributed by atoms with van der Waals surface area (Å²) >= 11 is 0. The second-order valence-electron chi connectivity index (χ2n) is 5.84. The fraction of sp³-hybridized carbons (Fsp3) is 0.375. The maximum atomic E-state index is 11.2. The van der Waals surface area contributed by atoms with Crippen molar-refractivity contribution in [2.75, 3.05) is 18.5 Å². The number of nitrogens with one attached hydrogen (secondary N) is 1. The van der Waals surface area contributed by atoms with Gasteiger partial charge < -0.3 is 30.8 Å². The second kappa shape index (κ2) is 8.27. The van der Waals surface area contributed by atoms with Crippen molar-refractivity contribution in [3.8, 4) is 0 Å². The van der Waals surface area contributed by atoms with Gasteiger partial charge in [0.25, 0.3) is 10.1 Å². The van der Waals surface area contributed by atoms with Crippen LogP contribution in [0.4, 0.5) is 5.69 Å². The van der Waals surface area contributed by atoms with Gasteiger partial charge in [-0.2, -0.15) is 8.42 Å². The molecule has 7 N–H and O–H groups in total. The molecular formula is C16H21NO8S. The normalized spacial score (nSPS) is 16.8. The molecule has 2 aromatic carbocycles. The van der Waals surface area contributed by atoms with E-state index in [2.05, 4.69) is 5.32 Å². The zero-order valence-corrected chi connectivity index (χ0v) is 14.4. The summed E-state index contributed by atoms with van der Waals surface area (Å²) in [7, 11) is -4.33. The van der Waals surface area contributed by atoms with Gasteiger partial charge in [-0.05, 0) is 23.6 Å². The van der Waals surface area contributed by atoms with Gasteiger partial charge in [0, 0.05) is 17.6 Å². The average Bonchev–Trinajstić information content (AvgIpc) is 2.62. The van der Waals surface area contributed by atoms with E-state index in [0.717, 1.165) is 0 Å². The molecule has 0 aliphatic carbocycles. The van der Waals surface area contributed by atoms with Crippen molar-refractivity contribution in [2.45, 2.75) is 29.3 Å². The molecule has 0 spiro atoms. The molecule has 0 fully saturated rings. The van der Waals surface area contributed by atoms with E-state index in [4.69, 9.17) is 9.66 Å². The molecule has 0 radical (unpaired) electrons. The summed E-state index contributed by atoms with van der Waals surface area (Å²) in [6, 6.07) is 8.94. The highest BCUT2D eigenvalue weighted by Crippen LogP contribution is 2.26. The summed E-state index contributed by atoms with van der Waals surface area (Å²) in [5, 5.41) is 51.4. The minimum Gasteiger partial charge on any atom is -0.394 e. The van der Waals surface area contributed by atoms with Crippen LogP contribution in [0.2, 0.25) is 0 Å². The Labute approximate surface area is 149 Å². The third-order valence-corrected chi connectivity index (χ3v) is 4.83. The molecule has 0 aromatic heterocycles. The van der Waals surface area contributed by atoms with Crippen LogP contribution in [0.3, 0.4) is 0 Å². The summed E-state index contributed by atoms with van der Waals surface area (Å²) in [6.07, 6.45) is -6.44. The highest BCUT2D eigenvalue weighted by Gasteiger charge is 2.29. The van der Waals surface area contributed by atoms with Crippen LogP contribution in [0, 0.1) is 0 Å². The number of rotatable bonds is 8. The largest absolute Gasteiger partial charge is 0.394 e. The van der Waals surface area contributed by atoms with Gasteiger partial charge in [0.1, 0.15) is 18.3 Å². The topological polar surface area (TPSA) is 168 Å². The lowest BCUT2D eigenvalue weighted by atomic mass is 10.0. The molecule has 2 rings (SSSR count). The molecule has 0 amide bonds. The Morgan fingerprint density at radius 2 is 1.62 bits per heavy atom. The highest BCUT2D eigenvalue weighted by molar-refractivity contribution is 7.85. The van der Waals surface area contributed by atoms with E-state index in [0.29, 0.717) is 16.5 Å². The SMILES string of the molecule is O=S(=O)(O)c1ccc2c(NC[C@H](O)[C@@H](O)[C@@H](O)[C@H](O)CO)cccc2c1. The lowest BCUT2D eigenvalue weighted by Gasteiger charge is -2.26. The van der Waals surface area contributed by atoms with Gasteiger partial charge in [0.15, 0.2) is 0 Å². The summed E-state index contributed by atoms with van der Waals surface area (Å²) in [4.78, 5) is -0.251. The van der Waals surface area contributed by atoms with Crippen LogP contribution in [-0.2, 0) is 10.1 Å². The van der Waals surface area contributed by atoms with E-state index in [1.807, 2.05) is 0 Å². The molecule has 0 saturated carbocycles. The van der Waals surface area contributed by atoms with Crippen LogP contribution >= 0.6 is 0 Å². The van der Waals surface area contributed by atoms with Gasteiger partial charge in [-0.15, -0.1) is 0 Å². The maximum Gasteiger partial charge on any atom is 0.294 e. The Kier molecular flexibility index (Phi) is 6.53. The van der Waals surface area contributed by atoms with Gasteiger partial charge in [0.05, 0.1) is 17.6 Å². The fourth-order valence-electron chi connectivity index (χ4n) is 2.47. The maximum absolute atomic E-state index is 11.2. The standard InChI is InChI=1S/C16H21NO8S/c18-8-14(20)16(22)15(21)13(19)7-17-12-3-1-2-9-6-10(26(23,24)25)4-5-11(9)12/h1-6,13-22H,7-8H2,(H,23,24,25)/t13-,14+,15+,16-/m0/s1. The Bertz CT molecular complexity index is 856. The molecule has 4 atom stereocenters. The van der Waals surface area contributed by atoms with Gasteiger partial charge in [-0.1, -0.05) is 18.2 Å². The number of aliphatic hydroxyl groups excluding tert-OH is 5. The number of hydrogen-bond acceptors (Lipinski definition) is 8. The van der Waals surface area contributed by atoms with Crippen LogP contribution in [0.25, 0.3) is 10.8 Å². The Morgan fingerprint density at radius 3 is 2.23 bits per heavy atom. The van der Waals surface area contributed by atoms with Crippen molar-refractivity contribution in [3.05, 3.63) is 36.4 Å². The number of fused-ring (bicyclic) bond motifs is 1.